The molecule has 0 aliphatic rings. The van der Waals surface area contributed by atoms with Crippen LogP contribution in [0.15, 0.2) is 60.8 Å². The summed E-state index contributed by atoms with van der Waals surface area (Å²) in [6, 6.07) is 15.1. The molecule has 11 heteroatoms. The number of carbonyl (C=O) groups excluding carboxylic acids is 2. The molecule has 33 heavy (non-hydrogen) atoms. The number of sulfonamides is 1. The fourth-order valence-corrected chi connectivity index (χ4v) is 3.66. The molecule has 0 saturated carbocycles. The fourth-order valence-electron chi connectivity index (χ4n) is 2.88. The van der Waals surface area contributed by atoms with Crippen molar-refractivity contribution in [3.63, 3.8) is 0 Å². The van der Waals surface area contributed by atoms with E-state index < -0.39 is 16.0 Å². The second kappa shape index (κ2) is 10.7. The molecular weight excluding hydrogens is 446 g/mol. The van der Waals surface area contributed by atoms with Gasteiger partial charge in [0.05, 0.1) is 18.0 Å². The van der Waals surface area contributed by atoms with Crippen LogP contribution in [0.25, 0.3) is 5.69 Å². The molecule has 0 bridgehead atoms. The van der Waals surface area contributed by atoms with Gasteiger partial charge in [-0.2, -0.15) is 5.10 Å². The first kappa shape index (κ1) is 24.0. The van der Waals surface area contributed by atoms with Crippen molar-refractivity contribution in [2.45, 2.75) is 19.2 Å². The van der Waals surface area contributed by atoms with E-state index in [1.165, 1.54) is 7.05 Å². The number of nitrogens with one attached hydrogen (secondary N) is 3. The average Bonchev–Trinajstić information content (AvgIpc) is 3.30. The lowest BCUT2D eigenvalue weighted by molar-refractivity contribution is 0.0519. The van der Waals surface area contributed by atoms with Gasteiger partial charge < -0.3 is 15.4 Å². The third-order valence-corrected chi connectivity index (χ3v) is 5.94. The zero-order chi connectivity index (χ0) is 23.8. The van der Waals surface area contributed by atoms with E-state index >= 15 is 0 Å². The Hall–Kier alpha value is -3.70. The molecule has 3 N–H and O–H groups in total. The number of benzene rings is 2. The predicted molar refractivity (Wildman–Crippen MR) is 124 cm³/mol. The van der Waals surface area contributed by atoms with Gasteiger partial charge in [0, 0.05) is 18.4 Å². The van der Waals surface area contributed by atoms with Crippen molar-refractivity contribution in [2.24, 2.45) is 0 Å². The molecule has 10 nitrogen and oxygen atoms in total. The van der Waals surface area contributed by atoms with E-state index in [4.69, 9.17) is 4.74 Å². The third-order valence-electron chi connectivity index (χ3n) is 4.61. The van der Waals surface area contributed by atoms with Crippen LogP contribution < -0.4 is 15.4 Å². The molecule has 0 spiro atoms. The molecule has 174 valence electrons. The van der Waals surface area contributed by atoms with Gasteiger partial charge in [-0.05, 0) is 55.4 Å². The van der Waals surface area contributed by atoms with Gasteiger partial charge in [0.2, 0.25) is 10.0 Å². The van der Waals surface area contributed by atoms with Crippen molar-refractivity contribution in [3.05, 3.63) is 77.6 Å². The van der Waals surface area contributed by atoms with Gasteiger partial charge in [-0.3, -0.25) is 0 Å². The largest absolute Gasteiger partial charge is 0.461 e. The number of hydrogen-bond donors (Lipinski definition) is 3. The normalized spacial score (nSPS) is 11.1. The van der Waals surface area contributed by atoms with Gasteiger partial charge in [0.1, 0.15) is 0 Å². The van der Waals surface area contributed by atoms with E-state index in [2.05, 4.69) is 20.5 Å². The molecule has 3 aromatic rings. The molecule has 0 atom stereocenters. The highest BCUT2D eigenvalue weighted by Crippen LogP contribution is 2.14. The number of aromatic nitrogens is 2. The molecule has 3 rings (SSSR count). The molecule has 1 heterocycles. The summed E-state index contributed by atoms with van der Waals surface area (Å²) in [5.74, 6) is -0.583. The van der Waals surface area contributed by atoms with E-state index in [-0.39, 0.29) is 30.6 Å². The van der Waals surface area contributed by atoms with Gasteiger partial charge in [-0.15, -0.1) is 0 Å². The smallest absolute Gasteiger partial charge is 0.358 e. The van der Waals surface area contributed by atoms with Gasteiger partial charge in [-0.25, -0.2) is 27.4 Å². The lowest BCUT2D eigenvalue weighted by atomic mass is 10.1. The molecule has 0 aliphatic carbocycles. The van der Waals surface area contributed by atoms with Crippen molar-refractivity contribution in [1.82, 2.24) is 19.8 Å². The summed E-state index contributed by atoms with van der Waals surface area (Å²) < 4.78 is 31.9. The maximum Gasteiger partial charge on any atom is 0.358 e. The van der Waals surface area contributed by atoms with Crippen LogP contribution in [0.4, 0.5) is 10.5 Å². The Labute approximate surface area is 192 Å². The standard InChI is InChI=1S/C22H25N5O5S/c1-3-32-21(28)20-12-13-27(26-20)19-10-8-18(9-11-19)25-22(29)24-14-16-4-6-17(7-5-16)15-33(30,31)23-2/h4-13,23H,3,14-15H2,1-2H3,(H2,24,25,29). The second-order valence-corrected chi connectivity index (χ2v) is 8.93. The van der Waals surface area contributed by atoms with Crippen LogP contribution >= 0.6 is 0 Å². The number of nitrogens with zero attached hydrogens (tertiary/aromatic N) is 2. The average molecular weight is 472 g/mol. The Bertz CT molecular complexity index is 1200. The lowest BCUT2D eigenvalue weighted by Gasteiger charge is -2.09. The Morgan fingerprint density at radius 3 is 2.30 bits per heavy atom. The lowest BCUT2D eigenvalue weighted by Crippen LogP contribution is -2.28. The first-order chi connectivity index (χ1) is 15.8. The predicted octanol–water partition coefficient (Wildman–Crippen LogP) is 2.42. The number of anilines is 1. The summed E-state index contributed by atoms with van der Waals surface area (Å²) in [6.07, 6.45) is 1.65. The Morgan fingerprint density at radius 2 is 1.67 bits per heavy atom. The van der Waals surface area contributed by atoms with Crippen LogP contribution in [-0.2, 0) is 27.1 Å². The Balaban J connectivity index is 1.51. The Kier molecular flexibility index (Phi) is 7.80. The first-order valence-electron chi connectivity index (χ1n) is 10.2. The van der Waals surface area contributed by atoms with Crippen LogP contribution in [0, 0.1) is 0 Å². The van der Waals surface area contributed by atoms with Gasteiger partial charge in [0.15, 0.2) is 5.69 Å². The van der Waals surface area contributed by atoms with Crippen molar-refractivity contribution >= 4 is 27.7 Å². The summed E-state index contributed by atoms with van der Waals surface area (Å²) >= 11 is 0. The van der Waals surface area contributed by atoms with Crippen molar-refractivity contribution in [3.8, 4) is 5.69 Å². The summed E-state index contributed by atoms with van der Waals surface area (Å²) in [4.78, 5) is 23.9. The summed E-state index contributed by atoms with van der Waals surface area (Å²) in [6.45, 7) is 2.29. The van der Waals surface area contributed by atoms with Gasteiger partial charge in [-0.1, -0.05) is 24.3 Å². The van der Waals surface area contributed by atoms with Crippen molar-refractivity contribution in [1.29, 1.82) is 0 Å². The highest BCUT2D eigenvalue weighted by atomic mass is 32.2. The van der Waals surface area contributed by atoms with Gasteiger partial charge in [0.25, 0.3) is 0 Å². The minimum atomic E-state index is -3.33. The molecule has 0 radical (unpaired) electrons. The molecule has 2 amide bonds. The molecule has 0 aliphatic heterocycles. The van der Waals surface area contributed by atoms with Crippen LogP contribution in [-0.4, -0.2) is 43.9 Å². The van der Waals surface area contributed by atoms with Crippen LogP contribution in [0.2, 0.25) is 0 Å². The number of urea groups is 1. The molecule has 0 unspecified atom stereocenters. The molecule has 0 saturated heterocycles. The van der Waals surface area contributed by atoms with Gasteiger partial charge >= 0.3 is 12.0 Å². The molecule has 2 aromatic carbocycles. The maximum atomic E-state index is 12.2. The van der Waals surface area contributed by atoms with Crippen LogP contribution in [0.1, 0.15) is 28.5 Å². The van der Waals surface area contributed by atoms with Crippen molar-refractivity contribution in [2.75, 3.05) is 19.0 Å². The second-order valence-electron chi connectivity index (χ2n) is 7.00. The summed E-state index contributed by atoms with van der Waals surface area (Å²) in [7, 11) is -1.95. The van der Waals surface area contributed by atoms with E-state index in [1.807, 2.05) is 0 Å². The first-order valence-corrected chi connectivity index (χ1v) is 11.8. The van der Waals surface area contributed by atoms with Crippen molar-refractivity contribution < 1.29 is 22.7 Å². The minimum Gasteiger partial charge on any atom is -0.461 e. The Morgan fingerprint density at radius 1 is 1.00 bits per heavy atom. The number of ether oxygens (including phenoxy) is 1. The third kappa shape index (κ3) is 6.89. The molecular formula is C22H25N5O5S. The fraction of sp³-hybridized carbons (Fsp3) is 0.227. The molecule has 1 aromatic heterocycles. The number of amides is 2. The van der Waals surface area contributed by atoms with E-state index in [0.717, 1.165) is 11.3 Å². The SMILES string of the molecule is CCOC(=O)c1ccn(-c2ccc(NC(=O)NCc3ccc(CS(=O)(=O)NC)cc3)cc2)n1. The van der Waals surface area contributed by atoms with Crippen LogP contribution in [0.5, 0.6) is 0 Å². The van der Waals surface area contributed by atoms with E-state index in [1.54, 1.807) is 72.4 Å². The van der Waals surface area contributed by atoms with E-state index in [9.17, 15) is 18.0 Å². The number of rotatable bonds is 9. The number of carbonyl (C=O) groups is 2. The monoisotopic (exact) mass is 471 g/mol. The quantitative estimate of drug-likeness (QED) is 0.411. The summed E-state index contributed by atoms with van der Waals surface area (Å²) in [5, 5.41) is 9.68. The number of esters is 1. The summed E-state index contributed by atoms with van der Waals surface area (Å²) in [5.41, 5.74) is 3.01. The zero-order valence-electron chi connectivity index (χ0n) is 18.2. The highest BCUT2D eigenvalue weighted by molar-refractivity contribution is 7.88. The minimum absolute atomic E-state index is 0.101. The topological polar surface area (TPSA) is 131 Å². The molecule has 0 fully saturated rings. The van der Waals surface area contributed by atoms with E-state index in [0.29, 0.717) is 11.3 Å². The zero-order valence-corrected chi connectivity index (χ0v) is 19.1. The highest BCUT2D eigenvalue weighted by Gasteiger charge is 2.11. The number of hydrogen-bond acceptors (Lipinski definition) is 6. The maximum absolute atomic E-state index is 12.2. The van der Waals surface area contributed by atoms with Crippen LogP contribution in [0.3, 0.4) is 0 Å².